The summed E-state index contributed by atoms with van der Waals surface area (Å²) in [5.41, 5.74) is 1.86. The molecule has 0 saturated carbocycles. The van der Waals surface area contributed by atoms with Gasteiger partial charge in [0.15, 0.2) is 5.75 Å². The molecule has 0 aliphatic heterocycles. The zero-order valence-corrected chi connectivity index (χ0v) is 12.7. The second-order valence-electron chi connectivity index (χ2n) is 4.39. The molecule has 112 valence electrons. The lowest BCUT2D eigenvalue weighted by Crippen LogP contribution is -2.06. The summed E-state index contributed by atoms with van der Waals surface area (Å²) in [6.07, 6.45) is 1.80. The fourth-order valence-corrected chi connectivity index (χ4v) is 2.17. The van der Waals surface area contributed by atoms with Crippen LogP contribution in [-0.2, 0) is 19.9 Å². The van der Waals surface area contributed by atoms with Gasteiger partial charge in [-0.05, 0) is 18.1 Å². The topological polar surface area (TPSA) is 44.8 Å². The number of rotatable bonds is 8. The molecule has 0 fully saturated rings. The van der Waals surface area contributed by atoms with Gasteiger partial charge >= 0.3 is 11.4 Å². The van der Waals surface area contributed by atoms with E-state index in [9.17, 15) is 4.21 Å². The van der Waals surface area contributed by atoms with Crippen molar-refractivity contribution in [3.8, 4) is 16.9 Å². The fourth-order valence-electron chi connectivity index (χ4n) is 1.75. The lowest BCUT2D eigenvalue weighted by Gasteiger charge is -2.09. The van der Waals surface area contributed by atoms with E-state index in [0.717, 1.165) is 24.0 Å². The van der Waals surface area contributed by atoms with E-state index in [1.807, 2.05) is 55.5 Å². The minimum Gasteiger partial charge on any atom is -0.320 e. The molecule has 1 atom stereocenters. The van der Waals surface area contributed by atoms with Gasteiger partial charge < -0.3 is 4.89 Å². The third-order valence-corrected chi connectivity index (χ3v) is 3.37. The first-order valence-electron chi connectivity index (χ1n) is 6.85. The summed E-state index contributed by atoms with van der Waals surface area (Å²) in [6.45, 7) is 2.41. The Morgan fingerprint density at radius 2 is 1.71 bits per heavy atom. The van der Waals surface area contributed by atoms with E-state index in [0.29, 0.717) is 12.4 Å². The molecule has 0 saturated heterocycles. The molecule has 2 aromatic rings. The first-order valence-corrected chi connectivity index (χ1v) is 7.85. The molecule has 0 N–H and O–H groups in total. The van der Waals surface area contributed by atoms with Gasteiger partial charge in [-0.2, -0.15) is 4.21 Å². The summed E-state index contributed by atoms with van der Waals surface area (Å²) in [6, 6.07) is 17.2. The van der Waals surface area contributed by atoms with Crippen molar-refractivity contribution in [1.29, 1.82) is 0 Å². The molecule has 1 unspecified atom stereocenters. The highest BCUT2D eigenvalue weighted by molar-refractivity contribution is 7.75. The fraction of sp³-hybridized carbons (Fsp3) is 0.250. The maximum atomic E-state index is 11.5. The van der Waals surface area contributed by atoms with Crippen molar-refractivity contribution in [1.82, 2.24) is 0 Å². The molecule has 0 amide bonds. The lowest BCUT2D eigenvalue weighted by molar-refractivity contribution is -0.0964. The van der Waals surface area contributed by atoms with Gasteiger partial charge in [-0.25, -0.2) is 0 Å². The molecule has 0 aliphatic carbocycles. The first-order chi connectivity index (χ1) is 10.3. The zero-order chi connectivity index (χ0) is 14.9. The van der Waals surface area contributed by atoms with E-state index >= 15 is 0 Å². The van der Waals surface area contributed by atoms with Crippen LogP contribution in [0.25, 0.3) is 11.1 Å². The molecule has 0 spiro atoms. The predicted octanol–water partition coefficient (Wildman–Crippen LogP) is 4.06. The van der Waals surface area contributed by atoms with Gasteiger partial charge in [0, 0.05) is 5.56 Å². The molecular formula is C16H18O4S. The predicted molar refractivity (Wildman–Crippen MR) is 82.6 cm³/mol. The molecule has 0 radical (unpaired) electrons. The number of para-hydroxylation sites is 1. The van der Waals surface area contributed by atoms with Crippen LogP contribution < -0.4 is 4.89 Å². The molecular weight excluding hydrogens is 288 g/mol. The second kappa shape index (κ2) is 8.56. The SMILES string of the molecule is CCCCOS(=O)OOc1ccccc1-c1ccccc1. The Hall–Kier alpha value is -1.69. The summed E-state index contributed by atoms with van der Waals surface area (Å²) in [4.78, 5) is 5.16. The molecule has 5 heteroatoms. The largest absolute Gasteiger partial charge is 0.343 e. The smallest absolute Gasteiger partial charge is 0.320 e. The lowest BCUT2D eigenvalue weighted by atomic mass is 10.1. The number of benzene rings is 2. The maximum absolute atomic E-state index is 11.5. The summed E-state index contributed by atoms with van der Waals surface area (Å²) < 4.78 is 21.2. The highest BCUT2D eigenvalue weighted by atomic mass is 32.2. The Kier molecular flexibility index (Phi) is 6.40. The van der Waals surface area contributed by atoms with Crippen LogP contribution in [0.5, 0.6) is 5.75 Å². The van der Waals surface area contributed by atoms with E-state index in [4.69, 9.17) is 13.4 Å². The van der Waals surface area contributed by atoms with E-state index in [1.54, 1.807) is 6.07 Å². The van der Waals surface area contributed by atoms with E-state index in [1.165, 1.54) is 0 Å². The van der Waals surface area contributed by atoms with E-state index < -0.39 is 11.4 Å². The van der Waals surface area contributed by atoms with Gasteiger partial charge in [0.25, 0.3) is 0 Å². The Labute approximate surface area is 127 Å². The van der Waals surface area contributed by atoms with Gasteiger partial charge in [-0.1, -0.05) is 66.2 Å². The van der Waals surface area contributed by atoms with Gasteiger partial charge in [0.05, 0.1) is 6.61 Å². The quantitative estimate of drug-likeness (QED) is 0.419. The summed E-state index contributed by atoms with van der Waals surface area (Å²) in [5, 5.41) is 0. The van der Waals surface area contributed by atoms with Crippen LogP contribution in [0.1, 0.15) is 19.8 Å². The van der Waals surface area contributed by atoms with Crippen LogP contribution in [0.4, 0.5) is 0 Å². The van der Waals surface area contributed by atoms with Crippen molar-refractivity contribution >= 4 is 11.4 Å². The van der Waals surface area contributed by atoms with Gasteiger partial charge in [0.2, 0.25) is 0 Å². The highest BCUT2D eigenvalue weighted by Crippen LogP contribution is 2.29. The van der Waals surface area contributed by atoms with Crippen LogP contribution in [0.2, 0.25) is 0 Å². The van der Waals surface area contributed by atoms with Crippen LogP contribution >= 0.6 is 0 Å². The zero-order valence-electron chi connectivity index (χ0n) is 11.9. The first kappa shape index (κ1) is 15.7. The minimum absolute atomic E-state index is 0.382. The van der Waals surface area contributed by atoms with Crippen LogP contribution in [0.15, 0.2) is 54.6 Å². The average molecular weight is 306 g/mol. The Balaban J connectivity index is 1.99. The summed E-state index contributed by atoms with van der Waals surface area (Å²) in [5.74, 6) is 0.496. The van der Waals surface area contributed by atoms with E-state index in [2.05, 4.69) is 0 Å². The normalized spacial score (nSPS) is 12.0. The van der Waals surface area contributed by atoms with Crippen LogP contribution in [0, 0.1) is 0 Å². The van der Waals surface area contributed by atoms with Gasteiger partial charge in [-0.15, -0.1) is 0 Å². The Morgan fingerprint density at radius 1 is 1.00 bits per heavy atom. The molecule has 21 heavy (non-hydrogen) atoms. The molecule has 4 nitrogen and oxygen atoms in total. The highest BCUT2D eigenvalue weighted by Gasteiger charge is 2.09. The average Bonchev–Trinajstić information content (AvgIpc) is 2.54. The number of hydrogen-bond acceptors (Lipinski definition) is 4. The van der Waals surface area contributed by atoms with Crippen molar-refractivity contribution in [2.75, 3.05) is 6.61 Å². The number of unbranched alkanes of at least 4 members (excludes halogenated alkanes) is 1. The second-order valence-corrected chi connectivity index (χ2v) is 5.17. The van der Waals surface area contributed by atoms with Gasteiger partial charge in [0.1, 0.15) is 0 Å². The van der Waals surface area contributed by atoms with Crippen molar-refractivity contribution in [3.63, 3.8) is 0 Å². The van der Waals surface area contributed by atoms with Gasteiger partial charge in [-0.3, -0.25) is 4.18 Å². The Bertz CT molecular complexity index is 571. The molecule has 2 aromatic carbocycles. The molecule has 2 rings (SSSR count). The Morgan fingerprint density at radius 3 is 2.48 bits per heavy atom. The minimum atomic E-state index is -1.91. The number of hydrogen-bond donors (Lipinski definition) is 0. The van der Waals surface area contributed by atoms with E-state index in [-0.39, 0.29) is 0 Å². The molecule has 0 aliphatic rings. The monoisotopic (exact) mass is 306 g/mol. The third-order valence-electron chi connectivity index (χ3n) is 2.83. The molecule has 0 heterocycles. The third kappa shape index (κ3) is 4.97. The van der Waals surface area contributed by atoms with Crippen molar-refractivity contribution in [3.05, 3.63) is 54.6 Å². The molecule has 0 aromatic heterocycles. The molecule has 0 bridgehead atoms. The van der Waals surface area contributed by atoms with Crippen LogP contribution in [0.3, 0.4) is 0 Å². The maximum Gasteiger partial charge on any atom is 0.343 e. The van der Waals surface area contributed by atoms with Crippen molar-refractivity contribution < 1.29 is 17.6 Å². The van der Waals surface area contributed by atoms with Crippen molar-refractivity contribution in [2.24, 2.45) is 0 Å². The van der Waals surface area contributed by atoms with Crippen molar-refractivity contribution in [2.45, 2.75) is 19.8 Å². The standard InChI is InChI=1S/C16H18O4S/c1-2-3-13-18-21(17)20-19-16-12-8-7-11-15(16)14-9-5-4-6-10-14/h4-12H,2-3,13H2,1H3. The summed E-state index contributed by atoms with van der Waals surface area (Å²) in [7, 11) is 0. The summed E-state index contributed by atoms with van der Waals surface area (Å²) >= 11 is -1.91. The van der Waals surface area contributed by atoms with Crippen LogP contribution in [-0.4, -0.2) is 10.8 Å².